The van der Waals surface area contributed by atoms with Crippen molar-refractivity contribution in [2.75, 3.05) is 45.9 Å². The first-order chi connectivity index (χ1) is 12.2. The Morgan fingerprint density at radius 1 is 1.00 bits per heavy atom. The first-order valence-electron chi connectivity index (χ1n) is 10.1. The Balaban J connectivity index is 1.71. The van der Waals surface area contributed by atoms with E-state index in [9.17, 15) is 9.59 Å². The van der Waals surface area contributed by atoms with Crippen molar-refractivity contribution < 1.29 is 14.7 Å². The summed E-state index contributed by atoms with van der Waals surface area (Å²) in [4.78, 5) is 29.0. The second-order valence-corrected chi connectivity index (χ2v) is 7.41. The molecule has 2 aliphatic rings. The van der Waals surface area contributed by atoms with Gasteiger partial charge in [0.2, 0.25) is 11.8 Å². The minimum absolute atomic E-state index is 0.0229. The molecule has 1 unspecified atom stereocenters. The van der Waals surface area contributed by atoms with Gasteiger partial charge in [-0.2, -0.15) is 0 Å². The number of nitrogens with one attached hydrogen (secondary N) is 1. The highest BCUT2D eigenvalue weighted by molar-refractivity contribution is 5.81. The summed E-state index contributed by atoms with van der Waals surface area (Å²) in [5, 5.41) is 11.7. The molecule has 2 N–H and O–H groups in total. The molecule has 0 spiro atoms. The number of piperidine rings is 1. The minimum Gasteiger partial charge on any atom is -0.396 e. The van der Waals surface area contributed by atoms with Gasteiger partial charge in [-0.1, -0.05) is 19.3 Å². The van der Waals surface area contributed by atoms with Crippen molar-refractivity contribution in [3.63, 3.8) is 0 Å². The smallest absolute Gasteiger partial charge is 0.224 e. The quantitative estimate of drug-likeness (QED) is 0.678. The van der Waals surface area contributed by atoms with Crippen LogP contribution in [0.2, 0.25) is 0 Å². The van der Waals surface area contributed by atoms with Gasteiger partial charge in [0.05, 0.1) is 5.92 Å². The van der Waals surface area contributed by atoms with Gasteiger partial charge >= 0.3 is 0 Å². The largest absolute Gasteiger partial charge is 0.396 e. The van der Waals surface area contributed by atoms with E-state index in [4.69, 9.17) is 5.11 Å². The van der Waals surface area contributed by atoms with Crippen molar-refractivity contribution in [3.8, 4) is 0 Å². The van der Waals surface area contributed by atoms with E-state index < -0.39 is 0 Å². The van der Waals surface area contributed by atoms with Crippen LogP contribution in [0, 0.1) is 5.92 Å². The van der Waals surface area contributed by atoms with Gasteiger partial charge in [-0.3, -0.25) is 9.59 Å². The van der Waals surface area contributed by atoms with Crippen molar-refractivity contribution in [1.82, 2.24) is 15.1 Å². The zero-order valence-corrected chi connectivity index (χ0v) is 15.5. The topological polar surface area (TPSA) is 72.9 Å². The molecule has 2 rings (SSSR count). The van der Waals surface area contributed by atoms with Crippen molar-refractivity contribution in [3.05, 3.63) is 0 Å². The van der Waals surface area contributed by atoms with Crippen LogP contribution >= 0.6 is 0 Å². The van der Waals surface area contributed by atoms with Crippen LogP contribution in [0.4, 0.5) is 0 Å². The van der Waals surface area contributed by atoms with Gasteiger partial charge in [0.1, 0.15) is 0 Å². The molecule has 2 heterocycles. The summed E-state index contributed by atoms with van der Waals surface area (Å²) in [5.74, 6) is 0.114. The van der Waals surface area contributed by atoms with E-state index in [1.54, 1.807) is 0 Å². The molecule has 0 aromatic rings. The second kappa shape index (κ2) is 11.5. The summed E-state index contributed by atoms with van der Waals surface area (Å²) in [7, 11) is 0. The second-order valence-electron chi connectivity index (χ2n) is 7.41. The minimum atomic E-state index is -0.0990. The summed E-state index contributed by atoms with van der Waals surface area (Å²) >= 11 is 0. The fourth-order valence-corrected chi connectivity index (χ4v) is 3.80. The Kier molecular flexibility index (Phi) is 9.26. The predicted molar refractivity (Wildman–Crippen MR) is 98.2 cm³/mol. The average molecular weight is 354 g/mol. The van der Waals surface area contributed by atoms with E-state index >= 15 is 0 Å². The normalized spacial score (nSPS) is 22.9. The first-order valence-corrected chi connectivity index (χ1v) is 10.1. The van der Waals surface area contributed by atoms with Crippen LogP contribution in [0.1, 0.15) is 57.8 Å². The van der Waals surface area contributed by atoms with Crippen LogP contribution in [0.3, 0.4) is 0 Å². The maximum atomic E-state index is 12.6. The molecule has 0 bridgehead atoms. The van der Waals surface area contributed by atoms with Crippen LogP contribution in [0.15, 0.2) is 0 Å². The Morgan fingerprint density at radius 3 is 2.44 bits per heavy atom. The van der Waals surface area contributed by atoms with Crippen LogP contribution in [-0.4, -0.2) is 72.6 Å². The van der Waals surface area contributed by atoms with Gasteiger partial charge < -0.3 is 20.2 Å². The highest BCUT2D eigenvalue weighted by Crippen LogP contribution is 2.18. The van der Waals surface area contributed by atoms with E-state index in [1.165, 1.54) is 32.1 Å². The lowest BCUT2D eigenvalue weighted by molar-refractivity contribution is -0.136. The van der Waals surface area contributed by atoms with Gasteiger partial charge in [0, 0.05) is 39.2 Å². The van der Waals surface area contributed by atoms with E-state index in [-0.39, 0.29) is 24.3 Å². The monoisotopic (exact) mass is 353 g/mol. The first kappa shape index (κ1) is 20.2. The van der Waals surface area contributed by atoms with Gasteiger partial charge in [-0.25, -0.2) is 0 Å². The van der Waals surface area contributed by atoms with Crippen molar-refractivity contribution in [2.24, 2.45) is 5.92 Å². The van der Waals surface area contributed by atoms with Crippen LogP contribution < -0.4 is 5.32 Å². The Morgan fingerprint density at radius 2 is 1.72 bits per heavy atom. The molecule has 6 nitrogen and oxygen atoms in total. The van der Waals surface area contributed by atoms with Crippen molar-refractivity contribution in [1.29, 1.82) is 0 Å². The standard InChI is InChI=1S/C19H35N3O3/c23-15-7-10-20-19(25)17-8-6-13-22(16-17)18(24)9-14-21-11-4-2-1-3-5-12-21/h17,23H,1-16H2,(H,20,25). The zero-order chi connectivity index (χ0) is 17.9. The third-order valence-corrected chi connectivity index (χ3v) is 5.37. The van der Waals surface area contributed by atoms with Crippen LogP contribution in [-0.2, 0) is 9.59 Å². The maximum Gasteiger partial charge on any atom is 0.224 e. The molecule has 2 saturated heterocycles. The molecule has 2 amide bonds. The molecule has 6 heteroatoms. The highest BCUT2D eigenvalue weighted by Gasteiger charge is 2.28. The lowest BCUT2D eigenvalue weighted by Crippen LogP contribution is -2.46. The Bertz CT molecular complexity index is 409. The fraction of sp³-hybridized carbons (Fsp3) is 0.895. The van der Waals surface area contributed by atoms with Crippen molar-refractivity contribution >= 4 is 11.8 Å². The van der Waals surface area contributed by atoms with E-state index in [0.29, 0.717) is 25.9 Å². The maximum absolute atomic E-state index is 12.6. The molecule has 2 fully saturated rings. The number of nitrogens with zero attached hydrogens (tertiary/aromatic N) is 2. The SMILES string of the molecule is O=C(NCCCO)C1CCCN(C(=O)CCN2CCCCCCC2)C1. The number of aliphatic hydroxyl groups excluding tert-OH is 1. The number of rotatable bonds is 7. The molecule has 1 atom stereocenters. The van der Waals surface area contributed by atoms with Crippen LogP contribution in [0.5, 0.6) is 0 Å². The molecular formula is C19H35N3O3. The molecule has 0 aromatic carbocycles. The number of aliphatic hydroxyl groups is 1. The fourth-order valence-electron chi connectivity index (χ4n) is 3.80. The number of hydrogen-bond acceptors (Lipinski definition) is 4. The highest BCUT2D eigenvalue weighted by atomic mass is 16.3. The lowest BCUT2D eigenvalue weighted by atomic mass is 9.96. The summed E-state index contributed by atoms with van der Waals surface area (Å²) < 4.78 is 0. The number of hydrogen-bond donors (Lipinski definition) is 2. The van der Waals surface area contributed by atoms with E-state index in [1.807, 2.05) is 4.90 Å². The number of amides is 2. The lowest BCUT2D eigenvalue weighted by Gasteiger charge is -2.33. The predicted octanol–water partition coefficient (Wildman–Crippen LogP) is 1.38. The van der Waals surface area contributed by atoms with Gasteiger partial charge in [0.25, 0.3) is 0 Å². The average Bonchev–Trinajstić information content (AvgIpc) is 2.61. The Labute approximate surface area is 151 Å². The van der Waals surface area contributed by atoms with Gasteiger partial charge in [0.15, 0.2) is 0 Å². The third kappa shape index (κ3) is 7.32. The number of carbonyl (C=O) groups excluding carboxylic acids is 2. The molecular weight excluding hydrogens is 318 g/mol. The van der Waals surface area contributed by atoms with E-state index in [0.717, 1.165) is 39.0 Å². The summed E-state index contributed by atoms with van der Waals surface area (Å²) in [6, 6.07) is 0. The Hall–Kier alpha value is -1.14. The molecule has 0 radical (unpaired) electrons. The molecule has 25 heavy (non-hydrogen) atoms. The molecule has 0 aliphatic carbocycles. The molecule has 144 valence electrons. The van der Waals surface area contributed by atoms with Gasteiger partial charge in [-0.15, -0.1) is 0 Å². The van der Waals surface area contributed by atoms with Gasteiger partial charge in [-0.05, 0) is 45.2 Å². The van der Waals surface area contributed by atoms with Crippen molar-refractivity contribution in [2.45, 2.75) is 57.8 Å². The van der Waals surface area contributed by atoms with Crippen LogP contribution in [0.25, 0.3) is 0 Å². The molecule has 0 saturated carbocycles. The summed E-state index contributed by atoms with van der Waals surface area (Å²) in [5.41, 5.74) is 0. The third-order valence-electron chi connectivity index (χ3n) is 5.37. The van der Waals surface area contributed by atoms with E-state index in [2.05, 4.69) is 10.2 Å². The summed E-state index contributed by atoms with van der Waals surface area (Å²) in [6.45, 7) is 5.00. The number of likely N-dealkylation sites (tertiary alicyclic amines) is 2. The number of carbonyl (C=O) groups is 2. The molecule has 2 aliphatic heterocycles. The molecule has 0 aromatic heterocycles. The summed E-state index contributed by atoms with van der Waals surface area (Å²) in [6.07, 6.45) is 9.35. The zero-order valence-electron chi connectivity index (χ0n) is 15.5.